The van der Waals surface area contributed by atoms with Crippen LogP contribution in [0.4, 0.5) is 5.69 Å². The Morgan fingerprint density at radius 3 is 3.05 bits per heavy atom. The molecule has 0 atom stereocenters. The third-order valence-corrected chi connectivity index (χ3v) is 3.51. The number of methoxy groups -OCH3 is 1. The van der Waals surface area contributed by atoms with Crippen LogP contribution in [0.2, 0.25) is 5.02 Å². The van der Waals surface area contributed by atoms with Gasteiger partial charge >= 0.3 is 0 Å². The molecule has 0 saturated heterocycles. The first-order valence-electron chi connectivity index (χ1n) is 6.40. The van der Waals surface area contributed by atoms with Gasteiger partial charge in [-0.3, -0.25) is 5.10 Å². The molecular formula is C15H14ClN3O2. The molecule has 5 nitrogen and oxygen atoms in total. The van der Waals surface area contributed by atoms with Gasteiger partial charge in [-0.25, -0.2) is 0 Å². The van der Waals surface area contributed by atoms with E-state index in [4.69, 9.17) is 16.3 Å². The number of hydrogen-bond donors (Lipinski definition) is 3. The number of fused-ring (bicyclic) bond motifs is 1. The highest BCUT2D eigenvalue weighted by Gasteiger charge is 2.10. The van der Waals surface area contributed by atoms with Crippen molar-refractivity contribution in [1.29, 1.82) is 0 Å². The van der Waals surface area contributed by atoms with E-state index in [9.17, 15) is 5.11 Å². The van der Waals surface area contributed by atoms with Crippen LogP contribution in [-0.4, -0.2) is 22.4 Å². The molecule has 0 radical (unpaired) electrons. The van der Waals surface area contributed by atoms with Gasteiger partial charge < -0.3 is 15.2 Å². The second-order valence-electron chi connectivity index (χ2n) is 4.61. The number of rotatable bonds is 4. The van der Waals surface area contributed by atoms with E-state index in [-0.39, 0.29) is 5.75 Å². The van der Waals surface area contributed by atoms with Crippen LogP contribution in [0.1, 0.15) is 5.56 Å². The number of aromatic nitrogens is 2. The first-order valence-corrected chi connectivity index (χ1v) is 6.78. The summed E-state index contributed by atoms with van der Waals surface area (Å²) in [6.45, 7) is 0.424. The van der Waals surface area contributed by atoms with Gasteiger partial charge in [-0.15, -0.1) is 0 Å². The van der Waals surface area contributed by atoms with Crippen molar-refractivity contribution in [3.63, 3.8) is 0 Å². The minimum Gasteiger partial charge on any atom is -0.504 e. The summed E-state index contributed by atoms with van der Waals surface area (Å²) >= 11 is 6.03. The van der Waals surface area contributed by atoms with Crippen LogP contribution in [0, 0.1) is 0 Å². The highest BCUT2D eigenvalue weighted by molar-refractivity contribution is 6.30. The Hall–Kier alpha value is -2.40. The van der Waals surface area contributed by atoms with Crippen molar-refractivity contribution in [2.75, 3.05) is 12.4 Å². The fraction of sp³-hybridized carbons (Fsp3) is 0.133. The molecule has 21 heavy (non-hydrogen) atoms. The molecular weight excluding hydrogens is 290 g/mol. The summed E-state index contributed by atoms with van der Waals surface area (Å²) in [6.07, 6.45) is 1.76. The maximum atomic E-state index is 10.1. The highest BCUT2D eigenvalue weighted by Crippen LogP contribution is 2.34. The van der Waals surface area contributed by atoms with Crippen molar-refractivity contribution in [2.45, 2.75) is 6.54 Å². The topological polar surface area (TPSA) is 70.2 Å². The van der Waals surface area contributed by atoms with E-state index in [1.54, 1.807) is 18.3 Å². The van der Waals surface area contributed by atoms with Crippen LogP contribution in [-0.2, 0) is 6.54 Å². The predicted octanol–water partition coefficient (Wildman–Crippen LogP) is 3.54. The van der Waals surface area contributed by atoms with Gasteiger partial charge in [0, 0.05) is 34.3 Å². The molecule has 0 fully saturated rings. The van der Waals surface area contributed by atoms with Gasteiger partial charge in [-0.2, -0.15) is 5.10 Å². The second kappa shape index (κ2) is 5.54. The Bertz CT molecular complexity index is 786. The Kier molecular flexibility index (Phi) is 3.58. The predicted molar refractivity (Wildman–Crippen MR) is 83.1 cm³/mol. The molecule has 0 aliphatic rings. The van der Waals surface area contributed by atoms with E-state index in [0.717, 1.165) is 16.6 Å². The molecule has 1 heterocycles. The van der Waals surface area contributed by atoms with Gasteiger partial charge in [0.05, 0.1) is 18.8 Å². The van der Waals surface area contributed by atoms with Crippen LogP contribution < -0.4 is 10.1 Å². The normalized spacial score (nSPS) is 10.8. The lowest BCUT2D eigenvalue weighted by molar-refractivity contribution is 0.371. The number of ether oxygens (including phenoxy) is 1. The molecule has 6 heteroatoms. The molecule has 0 aliphatic heterocycles. The summed E-state index contributed by atoms with van der Waals surface area (Å²) in [7, 11) is 1.49. The van der Waals surface area contributed by atoms with Gasteiger partial charge in [-0.05, 0) is 18.2 Å². The summed E-state index contributed by atoms with van der Waals surface area (Å²) in [5.74, 6) is 0.453. The van der Waals surface area contributed by atoms with Gasteiger partial charge in [-0.1, -0.05) is 17.7 Å². The lowest BCUT2D eigenvalue weighted by atomic mass is 10.1. The van der Waals surface area contributed by atoms with E-state index >= 15 is 0 Å². The number of phenols is 1. The van der Waals surface area contributed by atoms with Crippen molar-refractivity contribution in [2.24, 2.45) is 0 Å². The third-order valence-electron chi connectivity index (χ3n) is 3.29. The molecule has 0 aliphatic carbocycles. The molecule has 0 spiro atoms. The minimum absolute atomic E-state index is 0.0915. The molecule has 108 valence electrons. The number of hydrogen-bond acceptors (Lipinski definition) is 4. The number of aromatic hydroxyl groups is 1. The third kappa shape index (κ3) is 2.60. The molecule has 3 N–H and O–H groups in total. The molecule has 0 bridgehead atoms. The van der Waals surface area contributed by atoms with E-state index in [0.29, 0.717) is 22.9 Å². The molecule has 1 aromatic heterocycles. The number of anilines is 1. The lowest BCUT2D eigenvalue weighted by Gasteiger charge is -2.12. The van der Waals surface area contributed by atoms with Crippen LogP contribution >= 0.6 is 11.6 Å². The number of halogens is 1. The first kappa shape index (κ1) is 13.6. The summed E-state index contributed by atoms with van der Waals surface area (Å²) in [5, 5.41) is 21.8. The van der Waals surface area contributed by atoms with Gasteiger partial charge in [0.25, 0.3) is 0 Å². The summed E-state index contributed by atoms with van der Waals surface area (Å²) in [6, 6.07) is 9.13. The Morgan fingerprint density at radius 1 is 1.38 bits per heavy atom. The van der Waals surface area contributed by atoms with Gasteiger partial charge in [0.1, 0.15) is 0 Å². The number of aromatic amines is 1. The molecule has 2 aromatic carbocycles. The number of phenolic OH excluding ortho intramolecular Hbond substituents is 1. The molecule has 0 unspecified atom stereocenters. The Labute approximate surface area is 126 Å². The number of nitrogens with zero attached hydrogens (tertiary/aromatic N) is 1. The number of H-pyrrole nitrogens is 1. The number of benzene rings is 2. The number of nitrogens with one attached hydrogen (secondary N) is 2. The zero-order valence-corrected chi connectivity index (χ0v) is 12.1. The SMILES string of the molecule is COc1cc(Cl)cc(CNc2cccc3[nH]ncc23)c1O. The van der Waals surface area contributed by atoms with Crippen molar-refractivity contribution >= 4 is 28.2 Å². The molecule has 0 saturated carbocycles. The van der Waals surface area contributed by atoms with Crippen LogP contribution in [0.3, 0.4) is 0 Å². The first-order chi connectivity index (χ1) is 10.2. The van der Waals surface area contributed by atoms with Crippen molar-refractivity contribution < 1.29 is 9.84 Å². The van der Waals surface area contributed by atoms with Crippen molar-refractivity contribution in [3.05, 3.63) is 47.1 Å². The van der Waals surface area contributed by atoms with Crippen LogP contribution in [0.15, 0.2) is 36.5 Å². The zero-order valence-electron chi connectivity index (χ0n) is 11.4. The zero-order chi connectivity index (χ0) is 14.8. The van der Waals surface area contributed by atoms with E-state index in [2.05, 4.69) is 15.5 Å². The monoisotopic (exact) mass is 303 g/mol. The Balaban J connectivity index is 1.88. The van der Waals surface area contributed by atoms with E-state index in [1.807, 2.05) is 18.2 Å². The second-order valence-corrected chi connectivity index (χ2v) is 5.04. The van der Waals surface area contributed by atoms with Gasteiger partial charge in [0.2, 0.25) is 0 Å². The summed E-state index contributed by atoms with van der Waals surface area (Å²) < 4.78 is 5.10. The summed E-state index contributed by atoms with van der Waals surface area (Å²) in [5.41, 5.74) is 2.55. The van der Waals surface area contributed by atoms with Crippen LogP contribution in [0.25, 0.3) is 10.9 Å². The highest BCUT2D eigenvalue weighted by atomic mass is 35.5. The maximum absolute atomic E-state index is 10.1. The van der Waals surface area contributed by atoms with Crippen LogP contribution in [0.5, 0.6) is 11.5 Å². The average molecular weight is 304 g/mol. The van der Waals surface area contributed by atoms with Gasteiger partial charge in [0.15, 0.2) is 11.5 Å². The van der Waals surface area contributed by atoms with Crippen molar-refractivity contribution in [1.82, 2.24) is 10.2 Å². The molecule has 3 aromatic rings. The largest absolute Gasteiger partial charge is 0.504 e. The van der Waals surface area contributed by atoms with Crippen molar-refractivity contribution in [3.8, 4) is 11.5 Å². The van der Waals surface area contributed by atoms with E-state index < -0.39 is 0 Å². The average Bonchev–Trinajstić information content (AvgIpc) is 2.96. The molecule has 0 amide bonds. The Morgan fingerprint density at radius 2 is 2.24 bits per heavy atom. The smallest absolute Gasteiger partial charge is 0.162 e. The fourth-order valence-corrected chi connectivity index (χ4v) is 2.46. The minimum atomic E-state index is 0.0915. The van der Waals surface area contributed by atoms with E-state index in [1.165, 1.54) is 7.11 Å². The lowest BCUT2D eigenvalue weighted by Crippen LogP contribution is -2.01. The maximum Gasteiger partial charge on any atom is 0.162 e. The molecule has 3 rings (SSSR count). The quantitative estimate of drug-likeness (QED) is 0.689. The standard InChI is InChI=1S/C15H14ClN3O2/c1-21-14-6-10(16)5-9(15(14)20)7-17-12-3-2-4-13-11(12)8-18-19-13/h2-6,8,17,20H,7H2,1H3,(H,18,19). The fourth-order valence-electron chi connectivity index (χ4n) is 2.23. The summed E-state index contributed by atoms with van der Waals surface area (Å²) in [4.78, 5) is 0.